The molecule has 9 nitrogen and oxygen atoms in total. The molecule has 2 fully saturated rings. The molecule has 0 aliphatic carbocycles. The highest BCUT2D eigenvalue weighted by Crippen LogP contribution is 2.61. The Bertz CT molecular complexity index is 980. The van der Waals surface area contributed by atoms with Gasteiger partial charge in [-0.25, -0.2) is 14.2 Å². The number of nitrogens with zero attached hydrogens (tertiary/aromatic N) is 4. The highest BCUT2D eigenvalue weighted by atomic mass is 31.2. The molecule has 2 saturated heterocycles. The lowest BCUT2D eigenvalue weighted by atomic mass is 10.2. The van der Waals surface area contributed by atoms with E-state index in [-0.39, 0.29) is 18.0 Å². The van der Waals surface area contributed by atoms with Crippen LogP contribution in [0.4, 0.5) is 11.4 Å². The van der Waals surface area contributed by atoms with Crippen molar-refractivity contribution in [1.82, 2.24) is 9.34 Å². The highest BCUT2D eigenvalue weighted by molar-refractivity contribution is 7.54. The Labute approximate surface area is 161 Å². The van der Waals surface area contributed by atoms with E-state index in [0.717, 1.165) is 26.2 Å². The van der Waals surface area contributed by atoms with Gasteiger partial charge in [-0.2, -0.15) is 0 Å². The minimum atomic E-state index is -2.96. The molecule has 0 radical (unpaired) electrons. The van der Waals surface area contributed by atoms with E-state index < -0.39 is 12.6 Å². The topological polar surface area (TPSA) is 89.0 Å². The molecule has 0 saturated carbocycles. The van der Waals surface area contributed by atoms with Crippen molar-refractivity contribution in [1.29, 1.82) is 0 Å². The number of rotatable bonds is 8. The second-order valence-electron chi connectivity index (χ2n) is 6.44. The van der Waals surface area contributed by atoms with Crippen LogP contribution in [0, 0.1) is 16.7 Å². The maximum atomic E-state index is 13.0. The second kappa shape index (κ2) is 7.34. The van der Waals surface area contributed by atoms with Crippen molar-refractivity contribution in [2.24, 2.45) is 0 Å². The number of hydrogen-bond donors (Lipinski definition) is 0. The molecular formula is C18H17N4O5P. The Kier molecular flexibility index (Phi) is 4.87. The van der Waals surface area contributed by atoms with Gasteiger partial charge in [-0.15, -0.1) is 0 Å². The largest absolute Gasteiger partial charge is 0.450 e. The highest BCUT2D eigenvalue weighted by Gasteiger charge is 2.49. The van der Waals surface area contributed by atoms with Gasteiger partial charge in [0.25, 0.3) is 0 Å². The molecule has 0 aromatic heterocycles. The van der Waals surface area contributed by atoms with Gasteiger partial charge in [0.2, 0.25) is 5.75 Å². The average molecular weight is 400 g/mol. The molecule has 2 aromatic carbocycles. The van der Waals surface area contributed by atoms with Crippen LogP contribution in [0.2, 0.25) is 0 Å². The van der Waals surface area contributed by atoms with Crippen LogP contribution in [0.3, 0.4) is 0 Å². The van der Waals surface area contributed by atoms with E-state index in [1.807, 2.05) is 9.34 Å². The van der Waals surface area contributed by atoms with Crippen LogP contribution in [-0.2, 0) is 15.7 Å². The lowest BCUT2D eigenvalue weighted by Gasteiger charge is -2.19. The smallest absolute Gasteiger partial charge is 0.346 e. The summed E-state index contributed by atoms with van der Waals surface area (Å²) in [6.45, 7) is 10.0. The van der Waals surface area contributed by atoms with Crippen LogP contribution in [0.15, 0.2) is 42.5 Å². The Balaban J connectivity index is 1.54. The van der Waals surface area contributed by atoms with Crippen LogP contribution in [0.25, 0.3) is 4.85 Å². The van der Waals surface area contributed by atoms with Gasteiger partial charge in [-0.05, 0) is 29.8 Å². The van der Waals surface area contributed by atoms with Gasteiger partial charge >= 0.3 is 13.4 Å². The molecular weight excluding hydrogens is 383 g/mol. The molecule has 2 aliphatic rings. The molecule has 0 bridgehead atoms. The van der Waals surface area contributed by atoms with Crippen LogP contribution >= 0.6 is 7.67 Å². The molecule has 0 spiro atoms. The van der Waals surface area contributed by atoms with E-state index >= 15 is 0 Å². The van der Waals surface area contributed by atoms with Crippen molar-refractivity contribution < 1.29 is 18.7 Å². The summed E-state index contributed by atoms with van der Waals surface area (Å²) in [7, 11) is -2.96. The zero-order valence-electron chi connectivity index (χ0n) is 14.9. The molecule has 0 amide bonds. The first kappa shape index (κ1) is 18.6. The lowest BCUT2D eigenvalue weighted by molar-refractivity contribution is -0.385. The number of ether oxygens (including phenoxy) is 1. The van der Waals surface area contributed by atoms with E-state index in [0.29, 0.717) is 17.0 Å². The first-order valence-electron chi connectivity index (χ1n) is 8.68. The summed E-state index contributed by atoms with van der Waals surface area (Å²) >= 11 is 0. The summed E-state index contributed by atoms with van der Waals surface area (Å²) in [5, 5.41) is 11.3. The second-order valence-corrected chi connectivity index (χ2v) is 8.81. The summed E-state index contributed by atoms with van der Waals surface area (Å²) < 4.78 is 28.0. The van der Waals surface area contributed by atoms with Crippen molar-refractivity contribution >= 4 is 19.0 Å². The summed E-state index contributed by atoms with van der Waals surface area (Å²) in [5.41, 5.74) is 0.894. The fourth-order valence-electron chi connectivity index (χ4n) is 2.69. The van der Waals surface area contributed by atoms with Gasteiger partial charge in [0.15, 0.2) is 5.69 Å². The minimum absolute atomic E-state index is 0.0648. The van der Waals surface area contributed by atoms with Crippen LogP contribution in [-0.4, -0.2) is 40.4 Å². The Morgan fingerprint density at radius 1 is 1.11 bits per heavy atom. The van der Waals surface area contributed by atoms with Gasteiger partial charge < -0.3 is 9.26 Å². The summed E-state index contributed by atoms with van der Waals surface area (Å²) in [5.74, 6) is 0.447. The normalized spacial score (nSPS) is 16.4. The van der Waals surface area contributed by atoms with Crippen molar-refractivity contribution in [3.63, 3.8) is 0 Å². The lowest BCUT2D eigenvalue weighted by Crippen LogP contribution is -2.08. The standard InChI is InChI=1S/C18H17N4O5P/c1-19-15-3-5-16(6-4-15)27-18-12-14(2-7-17(18)22(23)24)13-26-28(25,20-8-9-20)21-10-11-21/h2-7,12H,8-11,13H2. The molecule has 2 aromatic rings. The molecule has 0 atom stereocenters. The van der Waals surface area contributed by atoms with Crippen molar-refractivity contribution in [2.45, 2.75) is 6.61 Å². The van der Waals surface area contributed by atoms with Crippen LogP contribution in [0.1, 0.15) is 5.56 Å². The molecule has 2 aliphatic heterocycles. The maximum Gasteiger partial charge on any atom is 0.346 e. The fraction of sp³-hybridized carbons (Fsp3) is 0.278. The zero-order valence-corrected chi connectivity index (χ0v) is 15.7. The Morgan fingerprint density at radius 3 is 2.29 bits per heavy atom. The van der Waals surface area contributed by atoms with E-state index in [9.17, 15) is 14.7 Å². The monoisotopic (exact) mass is 400 g/mol. The third-order valence-corrected chi connectivity index (χ3v) is 7.07. The molecule has 10 heteroatoms. The van der Waals surface area contributed by atoms with E-state index in [2.05, 4.69) is 4.85 Å². The van der Waals surface area contributed by atoms with Crippen molar-refractivity contribution in [2.75, 3.05) is 26.2 Å². The van der Waals surface area contributed by atoms with Gasteiger partial charge in [-0.3, -0.25) is 14.7 Å². The van der Waals surface area contributed by atoms with Gasteiger partial charge in [-0.1, -0.05) is 12.1 Å². The molecule has 0 unspecified atom stereocenters. The van der Waals surface area contributed by atoms with Gasteiger partial charge in [0.05, 0.1) is 18.1 Å². The molecule has 28 heavy (non-hydrogen) atoms. The minimum Gasteiger partial charge on any atom is -0.450 e. The van der Waals surface area contributed by atoms with E-state index in [1.165, 1.54) is 12.1 Å². The number of nitro groups is 1. The van der Waals surface area contributed by atoms with Crippen LogP contribution < -0.4 is 4.74 Å². The average Bonchev–Trinajstić information content (AvgIpc) is 3.58. The SMILES string of the molecule is [C-]#[N+]c1ccc(Oc2cc(COP(=O)(N3CC3)N3CC3)ccc2[N+](=O)[O-])cc1. The van der Waals surface area contributed by atoms with Crippen LogP contribution in [0.5, 0.6) is 11.5 Å². The van der Waals surface area contributed by atoms with Gasteiger partial charge in [0.1, 0.15) is 5.75 Å². The third-order valence-electron chi connectivity index (χ3n) is 4.38. The van der Waals surface area contributed by atoms with E-state index in [4.69, 9.17) is 15.8 Å². The molecule has 2 heterocycles. The first-order chi connectivity index (χ1) is 13.5. The zero-order chi connectivity index (χ0) is 19.7. The first-order valence-corrected chi connectivity index (χ1v) is 10.2. The molecule has 4 rings (SSSR count). The fourth-order valence-corrected chi connectivity index (χ4v) is 4.88. The Morgan fingerprint density at radius 2 is 1.75 bits per heavy atom. The Hall–Kier alpha value is -2.76. The van der Waals surface area contributed by atoms with E-state index in [1.54, 1.807) is 30.3 Å². The summed E-state index contributed by atoms with van der Waals surface area (Å²) in [6, 6.07) is 10.8. The quantitative estimate of drug-likeness (QED) is 0.216. The molecule has 144 valence electrons. The number of hydrogen-bond acceptors (Lipinski definition) is 5. The predicted octanol–water partition coefficient (Wildman–Crippen LogP) is 4.19. The predicted molar refractivity (Wildman–Crippen MR) is 101 cm³/mol. The number of nitro benzene ring substituents is 1. The summed E-state index contributed by atoms with van der Waals surface area (Å²) in [4.78, 5) is 14.1. The van der Waals surface area contributed by atoms with Gasteiger partial charge in [0, 0.05) is 32.2 Å². The summed E-state index contributed by atoms with van der Waals surface area (Å²) in [6.07, 6.45) is 0. The molecule has 0 N–H and O–H groups in total. The van der Waals surface area contributed by atoms with Crippen molar-refractivity contribution in [3.8, 4) is 11.5 Å². The third kappa shape index (κ3) is 3.91. The number of benzene rings is 2. The maximum absolute atomic E-state index is 13.0. The van der Waals surface area contributed by atoms with Crippen molar-refractivity contribution in [3.05, 3.63) is 69.6 Å².